The van der Waals surface area contributed by atoms with Gasteiger partial charge in [0.25, 0.3) is 5.69 Å². The number of hydrogen-bond acceptors (Lipinski definition) is 4. The van der Waals surface area contributed by atoms with Gasteiger partial charge in [0, 0.05) is 18.3 Å². The van der Waals surface area contributed by atoms with Crippen molar-refractivity contribution in [2.75, 3.05) is 17.6 Å². The SMILES string of the molecule is CC(CNc1ccc([N+](=O)[O-])c(N)c1)C1CC1. The second-order valence-electron chi connectivity index (χ2n) is 4.73. The Bertz CT molecular complexity index is 430. The van der Waals surface area contributed by atoms with Crippen molar-refractivity contribution in [2.24, 2.45) is 11.8 Å². The Kier molecular flexibility index (Phi) is 3.17. The molecule has 2 rings (SSSR count). The Balaban J connectivity index is 1.97. The molecule has 1 saturated carbocycles. The summed E-state index contributed by atoms with van der Waals surface area (Å²) in [6.07, 6.45) is 2.65. The normalized spacial score (nSPS) is 16.5. The van der Waals surface area contributed by atoms with Crippen molar-refractivity contribution in [1.82, 2.24) is 0 Å². The van der Waals surface area contributed by atoms with Crippen molar-refractivity contribution in [2.45, 2.75) is 19.8 Å². The van der Waals surface area contributed by atoms with Gasteiger partial charge in [0.15, 0.2) is 0 Å². The third-order valence-electron chi connectivity index (χ3n) is 3.28. The zero-order valence-electron chi connectivity index (χ0n) is 9.85. The molecular formula is C12H17N3O2. The summed E-state index contributed by atoms with van der Waals surface area (Å²) in [6.45, 7) is 3.11. The minimum absolute atomic E-state index is 0.0363. The Hall–Kier alpha value is -1.78. The van der Waals surface area contributed by atoms with Crippen LogP contribution in [-0.2, 0) is 0 Å². The molecule has 5 nitrogen and oxygen atoms in total. The zero-order chi connectivity index (χ0) is 12.4. The predicted octanol–water partition coefficient (Wildman–Crippen LogP) is 2.64. The highest BCUT2D eigenvalue weighted by Gasteiger charge is 2.27. The van der Waals surface area contributed by atoms with E-state index < -0.39 is 4.92 Å². The van der Waals surface area contributed by atoms with Crippen LogP contribution in [0.4, 0.5) is 17.1 Å². The number of nitrogen functional groups attached to an aromatic ring is 1. The van der Waals surface area contributed by atoms with Gasteiger partial charge in [-0.15, -0.1) is 0 Å². The lowest BCUT2D eigenvalue weighted by atomic mass is 10.1. The molecule has 0 heterocycles. The molecule has 1 aliphatic carbocycles. The van der Waals surface area contributed by atoms with Crippen LogP contribution in [0.25, 0.3) is 0 Å². The summed E-state index contributed by atoms with van der Waals surface area (Å²) in [4.78, 5) is 10.1. The van der Waals surface area contributed by atoms with Gasteiger partial charge in [-0.25, -0.2) is 0 Å². The molecule has 17 heavy (non-hydrogen) atoms. The van der Waals surface area contributed by atoms with Crippen LogP contribution in [0.3, 0.4) is 0 Å². The summed E-state index contributed by atoms with van der Waals surface area (Å²) in [5.74, 6) is 1.49. The molecule has 0 aliphatic heterocycles. The van der Waals surface area contributed by atoms with Crippen LogP contribution in [0.5, 0.6) is 0 Å². The first-order valence-corrected chi connectivity index (χ1v) is 5.85. The first-order valence-electron chi connectivity index (χ1n) is 5.85. The summed E-state index contributed by atoms with van der Waals surface area (Å²) in [6, 6.07) is 4.77. The van der Waals surface area contributed by atoms with E-state index in [4.69, 9.17) is 5.73 Å². The summed E-state index contributed by atoms with van der Waals surface area (Å²) < 4.78 is 0. The number of rotatable bonds is 5. The minimum Gasteiger partial charge on any atom is -0.393 e. The molecule has 1 aromatic rings. The van der Waals surface area contributed by atoms with Crippen molar-refractivity contribution in [1.29, 1.82) is 0 Å². The number of benzene rings is 1. The van der Waals surface area contributed by atoms with E-state index >= 15 is 0 Å². The lowest BCUT2D eigenvalue weighted by Crippen LogP contribution is -2.13. The van der Waals surface area contributed by atoms with E-state index in [0.717, 1.165) is 18.2 Å². The Morgan fingerprint density at radius 3 is 2.82 bits per heavy atom. The smallest absolute Gasteiger partial charge is 0.292 e. The first kappa shape index (κ1) is 11.7. The van der Waals surface area contributed by atoms with Crippen molar-refractivity contribution >= 4 is 17.1 Å². The van der Waals surface area contributed by atoms with E-state index in [2.05, 4.69) is 12.2 Å². The van der Waals surface area contributed by atoms with Crippen LogP contribution in [0.2, 0.25) is 0 Å². The van der Waals surface area contributed by atoms with Gasteiger partial charge in [0.05, 0.1) is 4.92 Å². The summed E-state index contributed by atoms with van der Waals surface area (Å²) in [5.41, 5.74) is 6.64. The van der Waals surface area contributed by atoms with Crippen molar-refractivity contribution < 1.29 is 4.92 Å². The highest BCUT2D eigenvalue weighted by atomic mass is 16.6. The average molecular weight is 235 g/mol. The topological polar surface area (TPSA) is 81.2 Å². The largest absolute Gasteiger partial charge is 0.393 e. The number of anilines is 2. The maximum absolute atomic E-state index is 10.6. The Morgan fingerprint density at radius 1 is 1.59 bits per heavy atom. The second-order valence-corrected chi connectivity index (χ2v) is 4.73. The van der Waals surface area contributed by atoms with E-state index in [9.17, 15) is 10.1 Å². The third-order valence-corrected chi connectivity index (χ3v) is 3.28. The van der Waals surface area contributed by atoms with Gasteiger partial charge in [-0.3, -0.25) is 10.1 Å². The summed E-state index contributed by atoms with van der Waals surface area (Å²) in [5, 5.41) is 13.9. The molecule has 0 radical (unpaired) electrons. The van der Waals surface area contributed by atoms with Crippen molar-refractivity contribution in [3.05, 3.63) is 28.3 Å². The molecule has 1 fully saturated rings. The molecule has 0 amide bonds. The highest BCUT2D eigenvalue weighted by Crippen LogP contribution is 2.36. The quantitative estimate of drug-likeness (QED) is 0.467. The Morgan fingerprint density at radius 2 is 2.29 bits per heavy atom. The standard InChI is InChI=1S/C12H17N3O2/c1-8(9-2-3-9)7-14-10-4-5-12(15(16)17)11(13)6-10/h4-6,8-9,14H,2-3,7,13H2,1H3. The summed E-state index contributed by atoms with van der Waals surface area (Å²) >= 11 is 0. The average Bonchev–Trinajstić information content (AvgIpc) is 3.09. The number of nitro benzene ring substituents is 1. The molecular weight excluding hydrogens is 218 g/mol. The molecule has 1 aliphatic rings. The van der Waals surface area contributed by atoms with Gasteiger partial charge in [-0.2, -0.15) is 0 Å². The molecule has 5 heteroatoms. The fourth-order valence-corrected chi connectivity index (χ4v) is 1.94. The Labute approximate surface area is 100 Å². The number of nitrogens with one attached hydrogen (secondary N) is 1. The lowest BCUT2D eigenvalue weighted by Gasteiger charge is -2.12. The van der Waals surface area contributed by atoms with E-state index in [1.165, 1.54) is 18.9 Å². The molecule has 0 aromatic heterocycles. The summed E-state index contributed by atoms with van der Waals surface area (Å²) in [7, 11) is 0. The van der Waals surface area contributed by atoms with Crippen molar-refractivity contribution in [3.63, 3.8) is 0 Å². The maximum atomic E-state index is 10.6. The van der Waals surface area contributed by atoms with Crippen LogP contribution in [0.1, 0.15) is 19.8 Å². The highest BCUT2D eigenvalue weighted by molar-refractivity contribution is 5.65. The third kappa shape index (κ3) is 2.87. The fraction of sp³-hybridized carbons (Fsp3) is 0.500. The van der Waals surface area contributed by atoms with E-state index in [0.29, 0.717) is 5.92 Å². The van der Waals surface area contributed by atoms with Gasteiger partial charge in [-0.05, 0) is 36.8 Å². The number of nitrogens with two attached hydrogens (primary N) is 1. The van der Waals surface area contributed by atoms with Crippen molar-refractivity contribution in [3.8, 4) is 0 Å². The predicted molar refractivity (Wildman–Crippen MR) is 67.9 cm³/mol. The van der Waals surface area contributed by atoms with Gasteiger partial charge >= 0.3 is 0 Å². The van der Waals surface area contributed by atoms with Crippen LogP contribution < -0.4 is 11.1 Å². The molecule has 1 unspecified atom stereocenters. The maximum Gasteiger partial charge on any atom is 0.292 e. The fourth-order valence-electron chi connectivity index (χ4n) is 1.94. The number of nitrogens with zero attached hydrogens (tertiary/aromatic N) is 1. The van der Waals surface area contributed by atoms with Gasteiger partial charge < -0.3 is 11.1 Å². The lowest BCUT2D eigenvalue weighted by molar-refractivity contribution is -0.383. The minimum atomic E-state index is -0.466. The van der Waals surface area contributed by atoms with E-state index in [-0.39, 0.29) is 11.4 Å². The second kappa shape index (κ2) is 4.61. The van der Waals surface area contributed by atoms with Gasteiger partial charge in [0.2, 0.25) is 0 Å². The number of nitro groups is 1. The molecule has 1 atom stereocenters. The van der Waals surface area contributed by atoms with Crippen LogP contribution >= 0.6 is 0 Å². The molecule has 0 spiro atoms. The van der Waals surface area contributed by atoms with Crippen LogP contribution in [0, 0.1) is 22.0 Å². The monoisotopic (exact) mass is 235 g/mol. The molecule has 1 aromatic carbocycles. The van der Waals surface area contributed by atoms with Crippen LogP contribution in [0.15, 0.2) is 18.2 Å². The number of hydrogen-bond donors (Lipinski definition) is 2. The molecule has 92 valence electrons. The van der Waals surface area contributed by atoms with E-state index in [1.54, 1.807) is 12.1 Å². The zero-order valence-corrected chi connectivity index (χ0v) is 9.85. The van der Waals surface area contributed by atoms with E-state index in [1.807, 2.05) is 0 Å². The first-order chi connectivity index (χ1) is 8.08. The molecule has 0 bridgehead atoms. The van der Waals surface area contributed by atoms with Crippen LogP contribution in [-0.4, -0.2) is 11.5 Å². The molecule has 3 N–H and O–H groups in total. The van der Waals surface area contributed by atoms with Gasteiger partial charge in [-0.1, -0.05) is 6.92 Å². The van der Waals surface area contributed by atoms with Gasteiger partial charge in [0.1, 0.15) is 5.69 Å². The molecule has 0 saturated heterocycles.